The molecule has 1 fully saturated rings. The van der Waals surface area contributed by atoms with Crippen LogP contribution in [0.2, 0.25) is 0 Å². The largest absolute Gasteiger partial charge is 0.480 e. The molecule has 0 aromatic carbocycles. The van der Waals surface area contributed by atoms with Crippen LogP contribution in [0.1, 0.15) is 45.4 Å². The molecule has 0 radical (unpaired) electrons. The summed E-state index contributed by atoms with van der Waals surface area (Å²) in [5.74, 6) is -1.22. The molecule has 0 aromatic rings. The Kier molecular flexibility index (Phi) is 4.29. The second-order valence-electron chi connectivity index (χ2n) is 4.64. The Morgan fingerprint density at radius 3 is 2.50 bits per heavy atom. The van der Waals surface area contributed by atoms with Crippen molar-refractivity contribution in [1.29, 1.82) is 0 Å². The molecule has 5 heteroatoms. The number of hydrogen-bond acceptors (Lipinski definition) is 3. The van der Waals surface area contributed by atoms with Gasteiger partial charge in [-0.15, -0.1) is 0 Å². The fourth-order valence-electron chi connectivity index (χ4n) is 1.92. The van der Waals surface area contributed by atoms with E-state index in [2.05, 4.69) is 5.32 Å². The molecule has 0 spiro atoms. The Morgan fingerprint density at radius 2 is 2.12 bits per heavy atom. The number of carbonyl (C=O) groups is 2. The Bertz CT molecular complexity index is 274. The molecule has 5 nitrogen and oxygen atoms in total. The number of carboxylic acid groups (broad SMARTS) is 1. The molecule has 1 amide bonds. The molecule has 1 aliphatic rings. The highest BCUT2D eigenvalue weighted by Gasteiger charge is 2.35. The van der Waals surface area contributed by atoms with Gasteiger partial charge in [0.05, 0.1) is 0 Å². The second-order valence-corrected chi connectivity index (χ2v) is 4.64. The van der Waals surface area contributed by atoms with Gasteiger partial charge in [-0.05, 0) is 25.7 Å². The summed E-state index contributed by atoms with van der Waals surface area (Å²) in [6.45, 7) is 1.89. The van der Waals surface area contributed by atoms with E-state index in [-0.39, 0.29) is 17.9 Å². The minimum Gasteiger partial charge on any atom is -0.480 e. The third-order valence-electron chi connectivity index (χ3n) is 3.07. The summed E-state index contributed by atoms with van der Waals surface area (Å²) in [6.07, 6.45) is 4.18. The highest BCUT2D eigenvalue weighted by atomic mass is 16.4. The normalized spacial score (nSPS) is 19.6. The quantitative estimate of drug-likeness (QED) is 0.621. The van der Waals surface area contributed by atoms with Crippen LogP contribution in [-0.2, 0) is 9.59 Å². The lowest BCUT2D eigenvalue weighted by atomic mass is 9.75. The van der Waals surface area contributed by atoms with E-state index in [1.165, 1.54) is 0 Å². The van der Waals surface area contributed by atoms with E-state index in [4.69, 9.17) is 10.8 Å². The van der Waals surface area contributed by atoms with Crippen molar-refractivity contribution in [3.63, 3.8) is 0 Å². The lowest BCUT2D eigenvalue weighted by Gasteiger charge is -2.37. The predicted octanol–water partition coefficient (Wildman–Crippen LogP) is 0.627. The first-order chi connectivity index (χ1) is 7.47. The number of hydrogen-bond donors (Lipinski definition) is 3. The number of carboxylic acids is 1. The monoisotopic (exact) mass is 228 g/mol. The van der Waals surface area contributed by atoms with Crippen LogP contribution >= 0.6 is 0 Å². The molecule has 0 aliphatic heterocycles. The summed E-state index contributed by atoms with van der Waals surface area (Å²) >= 11 is 0. The van der Waals surface area contributed by atoms with Gasteiger partial charge in [0.1, 0.15) is 6.04 Å². The van der Waals surface area contributed by atoms with E-state index in [1.54, 1.807) is 0 Å². The summed E-state index contributed by atoms with van der Waals surface area (Å²) in [7, 11) is 0. The van der Waals surface area contributed by atoms with Gasteiger partial charge in [0, 0.05) is 12.0 Å². The van der Waals surface area contributed by atoms with Crippen LogP contribution < -0.4 is 11.1 Å². The Morgan fingerprint density at radius 1 is 1.50 bits per heavy atom. The molecule has 16 heavy (non-hydrogen) atoms. The van der Waals surface area contributed by atoms with Crippen LogP contribution in [0.5, 0.6) is 0 Å². The zero-order chi connectivity index (χ0) is 12.2. The molecule has 92 valence electrons. The molecule has 0 saturated heterocycles. The molecule has 4 N–H and O–H groups in total. The standard InChI is InChI=1S/C11H20N2O3/c1-2-4-8(10(15)16)13-9(14)7-11(12)5-3-6-11/h8H,2-7,12H2,1H3,(H,13,14)(H,15,16)/t8-/m1/s1. The maximum Gasteiger partial charge on any atom is 0.326 e. The Hall–Kier alpha value is -1.10. The number of amides is 1. The third-order valence-corrected chi connectivity index (χ3v) is 3.07. The van der Waals surface area contributed by atoms with Crippen molar-refractivity contribution >= 4 is 11.9 Å². The van der Waals surface area contributed by atoms with Crippen molar-refractivity contribution in [2.45, 2.75) is 57.0 Å². The van der Waals surface area contributed by atoms with Gasteiger partial charge in [-0.1, -0.05) is 13.3 Å². The number of nitrogens with two attached hydrogens (primary N) is 1. The number of carbonyl (C=O) groups excluding carboxylic acids is 1. The van der Waals surface area contributed by atoms with Crippen LogP contribution in [0, 0.1) is 0 Å². The number of aliphatic carboxylic acids is 1. The fourth-order valence-corrected chi connectivity index (χ4v) is 1.92. The third kappa shape index (κ3) is 3.48. The topological polar surface area (TPSA) is 92.4 Å². The minimum absolute atomic E-state index is 0.237. The van der Waals surface area contributed by atoms with Crippen molar-refractivity contribution in [2.75, 3.05) is 0 Å². The van der Waals surface area contributed by atoms with E-state index in [0.29, 0.717) is 6.42 Å². The van der Waals surface area contributed by atoms with Crippen molar-refractivity contribution in [3.8, 4) is 0 Å². The molecule has 1 atom stereocenters. The number of nitrogens with one attached hydrogen (secondary N) is 1. The Balaban J connectivity index is 2.39. The summed E-state index contributed by atoms with van der Waals surface area (Å²) in [6, 6.07) is -0.777. The molecule has 0 aromatic heterocycles. The molecule has 1 saturated carbocycles. The van der Waals surface area contributed by atoms with Crippen LogP contribution in [0.4, 0.5) is 0 Å². The summed E-state index contributed by atoms with van der Waals surface area (Å²) in [5.41, 5.74) is 5.53. The fraction of sp³-hybridized carbons (Fsp3) is 0.818. The molecule has 0 heterocycles. The summed E-state index contributed by atoms with van der Waals surface area (Å²) in [5, 5.41) is 11.4. The maximum absolute atomic E-state index is 11.6. The summed E-state index contributed by atoms with van der Waals surface area (Å²) < 4.78 is 0. The first kappa shape index (κ1) is 13.0. The first-order valence-electron chi connectivity index (χ1n) is 5.78. The van der Waals surface area contributed by atoms with Crippen molar-refractivity contribution < 1.29 is 14.7 Å². The van der Waals surface area contributed by atoms with Gasteiger partial charge in [-0.25, -0.2) is 4.79 Å². The van der Waals surface area contributed by atoms with E-state index >= 15 is 0 Å². The lowest BCUT2D eigenvalue weighted by Crippen LogP contribution is -2.51. The lowest BCUT2D eigenvalue weighted by molar-refractivity contribution is -0.142. The van der Waals surface area contributed by atoms with Gasteiger partial charge in [0.25, 0.3) is 0 Å². The van der Waals surface area contributed by atoms with Crippen molar-refractivity contribution in [2.24, 2.45) is 5.73 Å². The van der Waals surface area contributed by atoms with Crippen LogP contribution in [0.25, 0.3) is 0 Å². The smallest absolute Gasteiger partial charge is 0.326 e. The number of rotatable bonds is 6. The van der Waals surface area contributed by atoms with Crippen LogP contribution in [0.3, 0.4) is 0 Å². The zero-order valence-electron chi connectivity index (χ0n) is 9.66. The van der Waals surface area contributed by atoms with E-state index in [9.17, 15) is 9.59 Å². The molecule has 1 rings (SSSR count). The minimum atomic E-state index is -0.977. The SMILES string of the molecule is CCC[C@@H](NC(=O)CC1(N)CCC1)C(=O)O. The molecule has 0 bridgehead atoms. The maximum atomic E-state index is 11.6. The van der Waals surface area contributed by atoms with Gasteiger partial charge in [0.15, 0.2) is 0 Å². The first-order valence-corrected chi connectivity index (χ1v) is 5.78. The van der Waals surface area contributed by atoms with Crippen LogP contribution in [-0.4, -0.2) is 28.6 Å². The highest BCUT2D eigenvalue weighted by molar-refractivity contribution is 5.84. The van der Waals surface area contributed by atoms with E-state index in [0.717, 1.165) is 25.7 Å². The molecule has 0 unspecified atom stereocenters. The average molecular weight is 228 g/mol. The van der Waals surface area contributed by atoms with Gasteiger partial charge in [0.2, 0.25) is 5.91 Å². The molecule has 1 aliphatic carbocycles. The van der Waals surface area contributed by atoms with Gasteiger partial charge in [-0.3, -0.25) is 4.79 Å². The van der Waals surface area contributed by atoms with Gasteiger partial charge >= 0.3 is 5.97 Å². The van der Waals surface area contributed by atoms with E-state index in [1.807, 2.05) is 6.92 Å². The predicted molar refractivity (Wildman–Crippen MR) is 59.9 cm³/mol. The summed E-state index contributed by atoms with van der Waals surface area (Å²) in [4.78, 5) is 22.4. The van der Waals surface area contributed by atoms with E-state index < -0.39 is 12.0 Å². The Labute approximate surface area is 95.4 Å². The van der Waals surface area contributed by atoms with Crippen LogP contribution in [0.15, 0.2) is 0 Å². The van der Waals surface area contributed by atoms with Gasteiger partial charge < -0.3 is 16.2 Å². The molecular formula is C11H20N2O3. The second kappa shape index (κ2) is 5.30. The molecular weight excluding hydrogens is 208 g/mol. The average Bonchev–Trinajstić information content (AvgIpc) is 2.14. The van der Waals surface area contributed by atoms with Gasteiger partial charge in [-0.2, -0.15) is 0 Å². The highest BCUT2D eigenvalue weighted by Crippen LogP contribution is 2.31. The zero-order valence-corrected chi connectivity index (χ0v) is 9.66. The van der Waals surface area contributed by atoms with Crippen molar-refractivity contribution in [3.05, 3.63) is 0 Å². The van der Waals surface area contributed by atoms with Crippen molar-refractivity contribution in [1.82, 2.24) is 5.32 Å².